The van der Waals surface area contributed by atoms with Gasteiger partial charge < -0.3 is 49.5 Å². The van der Waals surface area contributed by atoms with Crippen molar-refractivity contribution in [1.82, 2.24) is 26.6 Å². The van der Waals surface area contributed by atoms with Crippen molar-refractivity contribution in [2.45, 2.75) is 102 Å². The van der Waals surface area contributed by atoms with Crippen molar-refractivity contribution < 1.29 is 24.0 Å². The number of hydrogen-bond acceptors (Lipinski definition) is 8. The van der Waals surface area contributed by atoms with Gasteiger partial charge in [-0.05, 0) is 88.4 Å². The van der Waals surface area contributed by atoms with E-state index in [1.54, 1.807) is 12.1 Å². The lowest BCUT2D eigenvalue weighted by Crippen LogP contribution is -2.54. The first-order chi connectivity index (χ1) is 22.6. The zero-order chi connectivity index (χ0) is 34.4. The standard InChI is InChI=1S/C32H54N10O5/c33-15-4-1-11-24-29(45)37-17-6-3-13-25(42-32(35)36)30(46)38-18-8-14-27(43)39-21-23-10-7-9-22(19-23)20-28(44)40-26(31(47)41-24)12-2-5-16-34/h7,9-10,19,24-26H,1-6,8,11-18,20-21,33-34H2,(H,37,45)(H,38,46)(H,39,43)(H,40,44)(H,41,47)(H4,35,36,42)/t24-,25+,26-/m0/s1. The number of fused-ring (bicyclic) bond motifs is 2. The molecule has 0 saturated heterocycles. The summed E-state index contributed by atoms with van der Waals surface area (Å²) in [6.07, 6.45) is 5.44. The van der Waals surface area contributed by atoms with E-state index >= 15 is 0 Å². The summed E-state index contributed by atoms with van der Waals surface area (Å²) >= 11 is 0. The van der Waals surface area contributed by atoms with Crippen LogP contribution in [-0.2, 0) is 36.9 Å². The van der Waals surface area contributed by atoms with Gasteiger partial charge in [-0.25, -0.2) is 4.99 Å². The van der Waals surface area contributed by atoms with Crippen LogP contribution < -0.4 is 49.5 Å². The van der Waals surface area contributed by atoms with Crippen LogP contribution in [0.2, 0.25) is 0 Å². The van der Waals surface area contributed by atoms with E-state index in [1.165, 1.54) is 0 Å². The van der Waals surface area contributed by atoms with Gasteiger partial charge in [0.1, 0.15) is 18.1 Å². The fourth-order valence-corrected chi connectivity index (χ4v) is 5.17. The maximum atomic E-state index is 13.5. The summed E-state index contributed by atoms with van der Waals surface area (Å²) in [5.74, 6) is -1.86. The first-order valence-corrected chi connectivity index (χ1v) is 16.6. The van der Waals surface area contributed by atoms with E-state index in [0.717, 1.165) is 11.1 Å². The molecule has 1 aromatic rings. The van der Waals surface area contributed by atoms with Crippen molar-refractivity contribution in [2.24, 2.45) is 27.9 Å². The highest BCUT2D eigenvalue weighted by Crippen LogP contribution is 2.10. The third-order valence-electron chi connectivity index (χ3n) is 7.72. The molecule has 1 aliphatic rings. The number of carbonyl (C=O) groups excluding carboxylic acids is 5. The number of guanidine groups is 1. The van der Waals surface area contributed by atoms with Crippen LogP contribution in [0.15, 0.2) is 29.3 Å². The van der Waals surface area contributed by atoms with Gasteiger partial charge in [0, 0.05) is 26.1 Å². The summed E-state index contributed by atoms with van der Waals surface area (Å²) < 4.78 is 0. The molecular formula is C32H54N10O5. The lowest BCUT2D eigenvalue weighted by atomic mass is 10.0. The van der Waals surface area contributed by atoms with Gasteiger partial charge >= 0.3 is 0 Å². The van der Waals surface area contributed by atoms with E-state index in [0.29, 0.717) is 83.8 Å². The zero-order valence-corrected chi connectivity index (χ0v) is 27.4. The zero-order valence-electron chi connectivity index (χ0n) is 27.4. The van der Waals surface area contributed by atoms with Crippen LogP contribution >= 0.6 is 0 Å². The molecule has 0 aromatic heterocycles. The highest BCUT2D eigenvalue weighted by atomic mass is 16.2. The second-order valence-electron chi connectivity index (χ2n) is 11.8. The monoisotopic (exact) mass is 658 g/mol. The van der Waals surface area contributed by atoms with Gasteiger partial charge in [0.05, 0.1) is 6.42 Å². The van der Waals surface area contributed by atoms with E-state index < -0.39 is 24.0 Å². The molecule has 2 bridgehead atoms. The van der Waals surface area contributed by atoms with Gasteiger partial charge in [-0.3, -0.25) is 24.0 Å². The number of nitrogens with one attached hydrogen (secondary N) is 5. The molecule has 2 rings (SSSR count). The Balaban J connectivity index is 2.24. The topological polar surface area (TPSA) is 262 Å². The summed E-state index contributed by atoms with van der Waals surface area (Å²) in [6, 6.07) is 4.80. The van der Waals surface area contributed by atoms with Crippen molar-refractivity contribution in [3.63, 3.8) is 0 Å². The van der Waals surface area contributed by atoms with Crippen LogP contribution in [0, 0.1) is 0 Å². The van der Waals surface area contributed by atoms with Crippen LogP contribution in [0.3, 0.4) is 0 Å². The average molecular weight is 659 g/mol. The summed E-state index contributed by atoms with van der Waals surface area (Å²) in [7, 11) is 0. The molecule has 0 radical (unpaired) electrons. The fourth-order valence-electron chi connectivity index (χ4n) is 5.17. The first-order valence-electron chi connectivity index (χ1n) is 16.6. The molecule has 1 aliphatic heterocycles. The Morgan fingerprint density at radius 2 is 1.36 bits per heavy atom. The van der Waals surface area contributed by atoms with Gasteiger partial charge in [0.25, 0.3) is 0 Å². The lowest BCUT2D eigenvalue weighted by Gasteiger charge is -2.23. The third-order valence-corrected chi connectivity index (χ3v) is 7.72. The number of nitrogens with two attached hydrogens (primary N) is 4. The number of rotatable bonds is 9. The maximum absolute atomic E-state index is 13.5. The number of hydrogen-bond donors (Lipinski definition) is 9. The summed E-state index contributed by atoms with van der Waals surface area (Å²) in [6.45, 7) is 1.76. The molecule has 3 atom stereocenters. The molecular weight excluding hydrogens is 604 g/mol. The molecule has 15 heteroatoms. The SMILES string of the molecule is NCCCC[C@@H]1NC(=O)Cc2cccc(c2)CNC(=O)CCCNC(=O)[C@H](N=C(N)N)CCCCNC(=O)[C@H](CCCCN)NC1=O. The second kappa shape index (κ2) is 22.3. The van der Waals surface area contributed by atoms with Crippen molar-refractivity contribution >= 4 is 35.5 Å². The lowest BCUT2D eigenvalue weighted by molar-refractivity contribution is -0.132. The molecule has 5 amide bonds. The predicted octanol–water partition coefficient (Wildman–Crippen LogP) is -1.09. The largest absolute Gasteiger partial charge is 0.370 e. The second-order valence-corrected chi connectivity index (χ2v) is 11.8. The van der Waals surface area contributed by atoms with Gasteiger partial charge in [-0.15, -0.1) is 0 Å². The predicted molar refractivity (Wildman–Crippen MR) is 180 cm³/mol. The molecule has 0 aliphatic carbocycles. The van der Waals surface area contributed by atoms with Gasteiger partial charge in [-0.1, -0.05) is 24.3 Å². The van der Waals surface area contributed by atoms with Crippen LogP contribution in [0.25, 0.3) is 0 Å². The molecule has 0 unspecified atom stereocenters. The smallest absolute Gasteiger partial charge is 0.244 e. The number of aliphatic imine (C=N–C) groups is 1. The summed E-state index contributed by atoms with van der Waals surface area (Å²) in [5.41, 5.74) is 24.0. The van der Waals surface area contributed by atoms with Gasteiger partial charge in [0.2, 0.25) is 29.5 Å². The van der Waals surface area contributed by atoms with Crippen molar-refractivity contribution in [3.05, 3.63) is 35.4 Å². The Labute approximate surface area is 277 Å². The van der Waals surface area contributed by atoms with Crippen molar-refractivity contribution in [2.75, 3.05) is 26.2 Å². The molecule has 262 valence electrons. The Morgan fingerprint density at radius 1 is 0.723 bits per heavy atom. The van der Waals surface area contributed by atoms with Crippen LogP contribution in [-0.4, -0.2) is 79.8 Å². The van der Waals surface area contributed by atoms with E-state index in [1.807, 2.05) is 12.1 Å². The van der Waals surface area contributed by atoms with Crippen molar-refractivity contribution in [3.8, 4) is 0 Å². The third kappa shape index (κ3) is 16.2. The quantitative estimate of drug-likeness (QED) is 0.0886. The highest BCUT2D eigenvalue weighted by Gasteiger charge is 2.26. The Morgan fingerprint density at radius 3 is 2.04 bits per heavy atom. The molecule has 13 N–H and O–H groups in total. The number of unbranched alkanes of at least 4 members (excludes halogenated alkanes) is 2. The van der Waals surface area contributed by atoms with E-state index in [2.05, 4.69) is 31.6 Å². The summed E-state index contributed by atoms with van der Waals surface area (Å²) in [5, 5.41) is 14.2. The van der Waals surface area contributed by atoms with Gasteiger partial charge in [0.15, 0.2) is 5.96 Å². The van der Waals surface area contributed by atoms with Crippen LogP contribution in [0.1, 0.15) is 81.8 Å². The first kappa shape index (κ1) is 38.9. The molecule has 1 aromatic carbocycles. The Bertz CT molecular complexity index is 1190. The van der Waals surface area contributed by atoms with E-state index in [-0.39, 0.29) is 55.5 Å². The normalized spacial score (nSPS) is 21.5. The number of nitrogens with zero attached hydrogens (tertiary/aromatic N) is 1. The van der Waals surface area contributed by atoms with Crippen LogP contribution in [0.5, 0.6) is 0 Å². The van der Waals surface area contributed by atoms with Crippen LogP contribution in [0.4, 0.5) is 0 Å². The number of benzene rings is 1. The summed E-state index contributed by atoms with van der Waals surface area (Å²) in [4.78, 5) is 69.0. The number of amides is 5. The molecule has 0 fully saturated rings. The Hall–Kier alpha value is -4.24. The van der Waals surface area contributed by atoms with E-state index in [4.69, 9.17) is 22.9 Å². The average Bonchev–Trinajstić information content (AvgIpc) is 3.03. The minimum atomic E-state index is -0.852. The molecule has 0 saturated carbocycles. The highest BCUT2D eigenvalue weighted by molar-refractivity contribution is 5.92. The van der Waals surface area contributed by atoms with Gasteiger partial charge in [-0.2, -0.15) is 0 Å². The molecule has 15 nitrogen and oxygen atoms in total. The van der Waals surface area contributed by atoms with E-state index in [9.17, 15) is 24.0 Å². The maximum Gasteiger partial charge on any atom is 0.244 e. The molecule has 1 heterocycles. The number of carbonyl (C=O) groups is 5. The van der Waals surface area contributed by atoms with Crippen molar-refractivity contribution in [1.29, 1.82) is 0 Å². The minimum absolute atomic E-state index is 0.0312. The Kier molecular flexibility index (Phi) is 18.5. The minimum Gasteiger partial charge on any atom is -0.370 e. The molecule has 47 heavy (non-hydrogen) atoms. The molecule has 0 spiro atoms. The fraction of sp³-hybridized carbons (Fsp3) is 0.625.